The third-order valence-electron chi connectivity index (χ3n) is 9.85. The number of nitrogens with one attached hydrogen (secondary N) is 4. The minimum Gasteiger partial charge on any atom is -0.324 e. The van der Waals surface area contributed by atoms with Gasteiger partial charge < -0.3 is 21.3 Å². The van der Waals surface area contributed by atoms with Crippen LogP contribution in [0.25, 0.3) is 0 Å². The van der Waals surface area contributed by atoms with Gasteiger partial charge in [0.2, 0.25) is 12.1 Å². The van der Waals surface area contributed by atoms with Crippen LogP contribution in [0.1, 0.15) is 81.4 Å². The SMILES string of the molecule is CC(=O)C(N=Nc1cccc(C(=O)Nc2ccccc2C(C)Cl)c1Cl)C(=O)Nc1ccc(NC(=O)C(N=Nc2cccc(C(=O)Nc3ccccc3C(C)Cl)c2Cl)C(C)=O)c(C)c1C. The molecule has 0 bridgehead atoms. The highest BCUT2D eigenvalue weighted by Gasteiger charge is 2.27. The molecule has 18 heteroatoms. The van der Waals surface area contributed by atoms with E-state index in [0.717, 1.165) is 0 Å². The van der Waals surface area contributed by atoms with Crippen LogP contribution in [0.15, 0.2) is 118 Å². The third kappa shape index (κ3) is 11.8. The number of ketones is 2. The Morgan fingerprint density at radius 3 is 1.19 bits per heavy atom. The molecule has 0 radical (unpaired) electrons. The third-order valence-corrected chi connectivity index (χ3v) is 11.1. The summed E-state index contributed by atoms with van der Waals surface area (Å²) in [6.45, 7) is 9.26. The summed E-state index contributed by atoms with van der Waals surface area (Å²) in [5.74, 6) is -3.93. The molecule has 64 heavy (non-hydrogen) atoms. The maximum Gasteiger partial charge on any atom is 0.258 e. The average Bonchev–Trinajstić information content (AvgIpc) is 3.24. The first-order valence-electron chi connectivity index (χ1n) is 19.6. The Labute approximate surface area is 389 Å². The molecule has 0 aliphatic rings. The Balaban J connectivity index is 1.27. The molecular formula is C46H42Cl4N8O6. The lowest BCUT2D eigenvalue weighted by molar-refractivity contribution is -0.127. The maximum absolute atomic E-state index is 13.4. The van der Waals surface area contributed by atoms with Gasteiger partial charge in [0.05, 0.1) is 31.9 Å². The summed E-state index contributed by atoms with van der Waals surface area (Å²) >= 11 is 25.7. The Morgan fingerprint density at radius 2 is 0.844 bits per heavy atom. The monoisotopic (exact) mass is 942 g/mol. The van der Waals surface area contributed by atoms with E-state index in [2.05, 4.69) is 41.7 Å². The second-order valence-electron chi connectivity index (χ2n) is 14.4. The molecule has 0 heterocycles. The number of hydrogen-bond donors (Lipinski definition) is 4. The molecule has 0 aromatic heterocycles. The van der Waals surface area contributed by atoms with Crippen molar-refractivity contribution in [1.29, 1.82) is 0 Å². The number of halogens is 4. The van der Waals surface area contributed by atoms with E-state index in [-0.39, 0.29) is 43.3 Å². The summed E-state index contributed by atoms with van der Waals surface area (Å²) in [6.07, 6.45) is 0. The fourth-order valence-electron chi connectivity index (χ4n) is 6.21. The van der Waals surface area contributed by atoms with E-state index in [4.69, 9.17) is 46.4 Å². The molecule has 5 rings (SSSR count). The minimum absolute atomic E-state index is 0.0435. The zero-order chi connectivity index (χ0) is 46.8. The zero-order valence-corrected chi connectivity index (χ0v) is 38.3. The number of benzene rings is 5. The van der Waals surface area contributed by atoms with Crippen LogP contribution in [-0.2, 0) is 19.2 Å². The first kappa shape index (κ1) is 48.7. The smallest absolute Gasteiger partial charge is 0.258 e. The standard InChI is InChI=1S/C46H42Cl4N8O6/c1-23-24(2)34(52-46(64)42(28(6)60)58-56-38-20-12-16-32(40(38)50)44(62)54-36-18-10-8-14-30(36)26(4)48)22-21-33(23)51-45(63)41(27(5)59)57-55-37-19-11-15-31(39(37)49)43(61)53-35-17-9-7-13-29(35)25(3)47/h7-22,25-26,41-42H,1-6H3,(H,51,63)(H,52,64)(H,53,61)(H,54,62). The van der Waals surface area contributed by atoms with Crippen molar-refractivity contribution < 1.29 is 28.8 Å². The molecule has 0 saturated heterocycles. The van der Waals surface area contributed by atoms with Gasteiger partial charge in [-0.3, -0.25) is 28.8 Å². The average molecular weight is 945 g/mol. The number of carbonyl (C=O) groups is 6. The van der Waals surface area contributed by atoms with Gasteiger partial charge >= 0.3 is 0 Å². The number of hydrogen-bond acceptors (Lipinski definition) is 10. The molecule has 14 nitrogen and oxygen atoms in total. The van der Waals surface area contributed by atoms with Gasteiger partial charge in [0.15, 0.2) is 11.6 Å². The van der Waals surface area contributed by atoms with Gasteiger partial charge in [-0.2, -0.15) is 20.5 Å². The lowest BCUT2D eigenvalue weighted by Crippen LogP contribution is -2.33. The molecule has 0 aliphatic heterocycles. The van der Waals surface area contributed by atoms with E-state index >= 15 is 0 Å². The summed E-state index contributed by atoms with van der Waals surface area (Å²) in [7, 11) is 0. The van der Waals surface area contributed by atoms with Crippen molar-refractivity contribution in [2.24, 2.45) is 20.5 Å². The molecular weight excluding hydrogens is 902 g/mol. The van der Waals surface area contributed by atoms with Crippen molar-refractivity contribution in [3.63, 3.8) is 0 Å². The van der Waals surface area contributed by atoms with Crippen molar-refractivity contribution in [3.05, 3.63) is 140 Å². The van der Waals surface area contributed by atoms with Crippen LogP contribution in [0, 0.1) is 13.8 Å². The number of anilines is 4. The largest absolute Gasteiger partial charge is 0.324 e. The van der Waals surface area contributed by atoms with Crippen LogP contribution >= 0.6 is 46.4 Å². The number of nitrogens with zero attached hydrogens (tertiary/aromatic N) is 4. The number of Topliss-reactive ketones (excluding diaryl/α,β-unsaturated/α-hetero) is 2. The molecule has 330 valence electrons. The second kappa shape index (κ2) is 21.8. The van der Waals surface area contributed by atoms with Crippen molar-refractivity contribution in [2.45, 2.75) is 64.4 Å². The second-order valence-corrected chi connectivity index (χ2v) is 16.5. The Kier molecular flexibility index (Phi) is 16.6. The van der Waals surface area contributed by atoms with E-state index in [0.29, 0.717) is 45.0 Å². The summed E-state index contributed by atoms with van der Waals surface area (Å²) in [5, 5.41) is 26.2. The molecule has 5 aromatic rings. The van der Waals surface area contributed by atoms with Gasteiger partial charge in [0, 0.05) is 22.7 Å². The van der Waals surface area contributed by atoms with Crippen LogP contribution in [-0.4, -0.2) is 47.3 Å². The first-order valence-corrected chi connectivity index (χ1v) is 21.2. The number of rotatable bonds is 16. The molecule has 4 unspecified atom stereocenters. The first-order chi connectivity index (χ1) is 30.4. The predicted octanol–water partition coefficient (Wildman–Crippen LogP) is 12.1. The number of alkyl halides is 2. The molecule has 0 aliphatic carbocycles. The summed E-state index contributed by atoms with van der Waals surface area (Å²) in [5.41, 5.74) is 4.29. The molecule has 4 atom stereocenters. The van der Waals surface area contributed by atoms with Gasteiger partial charge in [0.1, 0.15) is 11.4 Å². The molecule has 4 N–H and O–H groups in total. The van der Waals surface area contributed by atoms with Crippen LogP contribution in [0.5, 0.6) is 0 Å². The van der Waals surface area contributed by atoms with Crippen LogP contribution in [0.3, 0.4) is 0 Å². The normalized spacial score (nSPS) is 13.2. The van der Waals surface area contributed by atoms with Gasteiger partial charge in [0.25, 0.3) is 23.6 Å². The molecule has 0 fully saturated rings. The van der Waals surface area contributed by atoms with E-state index in [1.807, 2.05) is 0 Å². The molecule has 4 amide bonds. The van der Waals surface area contributed by atoms with E-state index in [1.165, 1.54) is 62.4 Å². The van der Waals surface area contributed by atoms with Crippen molar-refractivity contribution in [3.8, 4) is 0 Å². The number of para-hydroxylation sites is 2. The quantitative estimate of drug-likeness (QED) is 0.0431. The zero-order valence-electron chi connectivity index (χ0n) is 35.3. The topological polar surface area (TPSA) is 200 Å². The summed E-state index contributed by atoms with van der Waals surface area (Å²) in [4.78, 5) is 78.6. The Bertz CT molecular complexity index is 2520. The van der Waals surface area contributed by atoms with Crippen LogP contribution in [0.2, 0.25) is 10.0 Å². The molecule has 0 spiro atoms. The molecule has 0 saturated carbocycles. The van der Waals surface area contributed by atoms with Gasteiger partial charge in [-0.05, 0) is 112 Å². The van der Waals surface area contributed by atoms with E-state index in [9.17, 15) is 28.8 Å². The summed E-state index contributed by atoms with van der Waals surface area (Å²) < 4.78 is 0. The Morgan fingerprint density at radius 1 is 0.484 bits per heavy atom. The van der Waals surface area contributed by atoms with Gasteiger partial charge in [-0.15, -0.1) is 23.2 Å². The minimum atomic E-state index is -1.59. The highest BCUT2D eigenvalue weighted by Crippen LogP contribution is 2.34. The predicted molar refractivity (Wildman–Crippen MR) is 251 cm³/mol. The highest BCUT2D eigenvalue weighted by atomic mass is 35.5. The number of amides is 4. The van der Waals surface area contributed by atoms with E-state index < -0.39 is 47.3 Å². The number of carbonyl (C=O) groups excluding carboxylic acids is 6. The van der Waals surface area contributed by atoms with Crippen molar-refractivity contribution >= 4 is 116 Å². The van der Waals surface area contributed by atoms with Crippen molar-refractivity contribution in [2.75, 3.05) is 21.3 Å². The maximum atomic E-state index is 13.4. The van der Waals surface area contributed by atoms with E-state index in [1.54, 1.807) is 76.2 Å². The molecule has 5 aromatic carbocycles. The van der Waals surface area contributed by atoms with Crippen LogP contribution in [0.4, 0.5) is 34.1 Å². The Hall–Kier alpha value is -6.32. The van der Waals surface area contributed by atoms with Crippen LogP contribution < -0.4 is 21.3 Å². The fraction of sp³-hybridized carbons (Fsp3) is 0.217. The fourth-order valence-corrected chi connectivity index (χ4v) is 7.09. The summed E-state index contributed by atoms with van der Waals surface area (Å²) in [6, 6.07) is 22.9. The van der Waals surface area contributed by atoms with Gasteiger partial charge in [-0.25, -0.2) is 0 Å². The lowest BCUT2D eigenvalue weighted by Gasteiger charge is -2.17. The highest BCUT2D eigenvalue weighted by molar-refractivity contribution is 6.37. The number of azo groups is 2. The van der Waals surface area contributed by atoms with Crippen molar-refractivity contribution in [1.82, 2.24) is 0 Å². The van der Waals surface area contributed by atoms with Gasteiger partial charge in [-0.1, -0.05) is 71.7 Å². The lowest BCUT2D eigenvalue weighted by atomic mass is 10.0.